The Hall–Kier alpha value is -3.13. The van der Waals surface area contributed by atoms with E-state index in [1.807, 2.05) is 10.7 Å². The summed E-state index contributed by atoms with van der Waals surface area (Å²) >= 11 is 0. The van der Waals surface area contributed by atoms with E-state index in [2.05, 4.69) is 84.0 Å². The smallest absolute Gasteiger partial charge is 0.0747 e. The van der Waals surface area contributed by atoms with Gasteiger partial charge in [-0.25, -0.2) is 4.52 Å². The Balaban J connectivity index is 2.08. The quantitative estimate of drug-likeness (QED) is 0.383. The third-order valence-corrected chi connectivity index (χ3v) is 4.47. The van der Waals surface area contributed by atoms with E-state index in [4.69, 9.17) is 0 Å². The van der Waals surface area contributed by atoms with Crippen molar-refractivity contribution in [3.63, 3.8) is 0 Å². The van der Waals surface area contributed by atoms with Crippen LogP contribution in [-0.4, -0.2) is 9.61 Å². The van der Waals surface area contributed by atoms with E-state index < -0.39 is 0 Å². The molecule has 0 N–H and O–H groups in total. The van der Waals surface area contributed by atoms with Crippen molar-refractivity contribution in [2.75, 3.05) is 0 Å². The second-order valence-electron chi connectivity index (χ2n) is 5.74. The van der Waals surface area contributed by atoms with Gasteiger partial charge in [0.15, 0.2) is 0 Å². The first-order valence-electron chi connectivity index (χ1n) is 7.76. The lowest BCUT2D eigenvalue weighted by Gasteiger charge is -2.12. The maximum absolute atomic E-state index is 4.55. The fourth-order valence-electron chi connectivity index (χ4n) is 3.48. The van der Waals surface area contributed by atoms with Gasteiger partial charge in [-0.3, -0.25) is 0 Å². The maximum Gasteiger partial charge on any atom is 0.0747 e. The van der Waals surface area contributed by atoms with E-state index in [0.717, 1.165) is 11.0 Å². The standard InChI is InChI=1S/C21H14N2/c1-2-7-15(8-3-1)16-11-6-12-20-21(16)18-10-5-4-9-17(18)19-13-14-22-23(19)20/h1-14H. The molecular weight excluding hydrogens is 280 g/mol. The average molecular weight is 294 g/mol. The van der Waals surface area contributed by atoms with Crippen molar-refractivity contribution in [1.29, 1.82) is 0 Å². The minimum atomic E-state index is 1.14. The molecule has 0 spiro atoms. The number of rotatable bonds is 1. The van der Waals surface area contributed by atoms with Crippen molar-refractivity contribution in [2.24, 2.45) is 0 Å². The van der Waals surface area contributed by atoms with Gasteiger partial charge >= 0.3 is 0 Å². The average Bonchev–Trinajstić information content (AvgIpc) is 3.12. The number of fused-ring (bicyclic) bond motifs is 6. The largest absolute Gasteiger partial charge is 0.232 e. The predicted molar refractivity (Wildman–Crippen MR) is 95.6 cm³/mol. The summed E-state index contributed by atoms with van der Waals surface area (Å²) in [7, 11) is 0. The highest BCUT2D eigenvalue weighted by Gasteiger charge is 2.12. The van der Waals surface area contributed by atoms with Gasteiger partial charge in [0, 0.05) is 10.8 Å². The molecule has 2 heteroatoms. The Labute approximate surface area is 133 Å². The Kier molecular flexibility index (Phi) is 2.53. The minimum absolute atomic E-state index is 1.14. The first-order valence-corrected chi connectivity index (χ1v) is 7.76. The summed E-state index contributed by atoms with van der Waals surface area (Å²) in [6.07, 6.45) is 1.87. The van der Waals surface area contributed by atoms with Crippen LogP contribution in [0.2, 0.25) is 0 Å². The van der Waals surface area contributed by atoms with Crippen molar-refractivity contribution >= 4 is 27.2 Å². The zero-order valence-electron chi connectivity index (χ0n) is 12.5. The molecule has 2 aromatic heterocycles. The van der Waals surface area contributed by atoms with Gasteiger partial charge in [0.05, 0.1) is 17.2 Å². The zero-order chi connectivity index (χ0) is 15.2. The van der Waals surface area contributed by atoms with Crippen LogP contribution in [0.4, 0.5) is 0 Å². The summed E-state index contributed by atoms with van der Waals surface area (Å²) in [6, 6.07) is 27.7. The van der Waals surface area contributed by atoms with E-state index in [1.165, 1.54) is 27.3 Å². The van der Waals surface area contributed by atoms with Crippen LogP contribution in [0, 0.1) is 0 Å². The van der Waals surface area contributed by atoms with E-state index in [-0.39, 0.29) is 0 Å². The second-order valence-corrected chi connectivity index (χ2v) is 5.74. The molecule has 0 radical (unpaired) electrons. The maximum atomic E-state index is 4.55. The van der Waals surface area contributed by atoms with Crippen LogP contribution in [0.1, 0.15) is 0 Å². The number of benzene rings is 3. The molecular formula is C21H14N2. The number of aromatic nitrogens is 2. The molecule has 0 aliphatic rings. The van der Waals surface area contributed by atoms with Crippen LogP contribution in [-0.2, 0) is 0 Å². The first kappa shape index (κ1) is 12.4. The molecule has 0 amide bonds. The molecule has 0 aliphatic carbocycles. The highest BCUT2D eigenvalue weighted by Crippen LogP contribution is 2.35. The van der Waals surface area contributed by atoms with E-state index in [9.17, 15) is 0 Å². The fourth-order valence-corrected chi connectivity index (χ4v) is 3.48. The van der Waals surface area contributed by atoms with Crippen molar-refractivity contribution in [2.45, 2.75) is 0 Å². The van der Waals surface area contributed by atoms with E-state index >= 15 is 0 Å². The summed E-state index contributed by atoms with van der Waals surface area (Å²) in [5.41, 5.74) is 4.77. The van der Waals surface area contributed by atoms with E-state index in [0.29, 0.717) is 0 Å². The Morgan fingerprint density at radius 1 is 0.609 bits per heavy atom. The Bertz CT molecular complexity index is 1150. The van der Waals surface area contributed by atoms with Crippen LogP contribution in [0.15, 0.2) is 85.1 Å². The molecule has 108 valence electrons. The molecule has 2 nitrogen and oxygen atoms in total. The van der Waals surface area contributed by atoms with Gasteiger partial charge in [0.2, 0.25) is 0 Å². The van der Waals surface area contributed by atoms with Crippen LogP contribution >= 0.6 is 0 Å². The van der Waals surface area contributed by atoms with Gasteiger partial charge in [-0.1, -0.05) is 66.7 Å². The van der Waals surface area contributed by atoms with Crippen LogP contribution in [0.3, 0.4) is 0 Å². The second kappa shape index (κ2) is 4.68. The van der Waals surface area contributed by atoms with Gasteiger partial charge in [0.25, 0.3) is 0 Å². The molecule has 0 saturated carbocycles. The molecule has 0 aliphatic heterocycles. The summed E-state index contributed by atoms with van der Waals surface area (Å²) in [4.78, 5) is 0. The van der Waals surface area contributed by atoms with Crippen LogP contribution in [0.5, 0.6) is 0 Å². The van der Waals surface area contributed by atoms with Crippen molar-refractivity contribution < 1.29 is 0 Å². The van der Waals surface area contributed by atoms with Gasteiger partial charge in [-0.15, -0.1) is 0 Å². The monoisotopic (exact) mass is 294 g/mol. The number of nitrogens with zero attached hydrogens (tertiary/aromatic N) is 2. The molecule has 23 heavy (non-hydrogen) atoms. The highest BCUT2D eigenvalue weighted by molar-refractivity contribution is 6.17. The zero-order valence-corrected chi connectivity index (χ0v) is 12.5. The van der Waals surface area contributed by atoms with E-state index in [1.54, 1.807) is 0 Å². The molecule has 0 bridgehead atoms. The fraction of sp³-hybridized carbons (Fsp3) is 0. The summed E-state index contributed by atoms with van der Waals surface area (Å²) in [5, 5.41) is 8.31. The first-order chi connectivity index (χ1) is 11.4. The van der Waals surface area contributed by atoms with Crippen molar-refractivity contribution in [1.82, 2.24) is 9.61 Å². The molecule has 0 saturated heterocycles. The topological polar surface area (TPSA) is 17.3 Å². The Morgan fingerprint density at radius 2 is 1.39 bits per heavy atom. The number of hydrogen-bond acceptors (Lipinski definition) is 1. The number of pyridine rings is 1. The molecule has 5 rings (SSSR count). The number of hydrogen-bond donors (Lipinski definition) is 0. The van der Waals surface area contributed by atoms with Crippen LogP contribution in [0.25, 0.3) is 38.3 Å². The third kappa shape index (κ3) is 1.72. The van der Waals surface area contributed by atoms with Crippen LogP contribution < -0.4 is 0 Å². The SMILES string of the molecule is c1ccc(-c2cccc3c2c2ccccc2c2ccnn23)cc1. The predicted octanol–water partition coefficient (Wildman–Crippen LogP) is 5.31. The Morgan fingerprint density at radius 3 is 2.26 bits per heavy atom. The molecule has 0 unspecified atom stereocenters. The van der Waals surface area contributed by atoms with Gasteiger partial charge in [-0.2, -0.15) is 5.10 Å². The summed E-state index contributed by atoms with van der Waals surface area (Å²) in [5.74, 6) is 0. The molecule has 0 atom stereocenters. The van der Waals surface area contributed by atoms with Crippen molar-refractivity contribution in [3.8, 4) is 11.1 Å². The summed E-state index contributed by atoms with van der Waals surface area (Å²) in [6.45, 7) is 0. The third-order valence-electron chi connectivity index (χ3n) is 4.47. The normalized spacial score (nSPS) is 11.5. The lowest BCUT2D eigenvalue weighted by Crippen LogP contribution is -1.94. The molecule has 5 aromatic rings. The molecule has 0 fully saturated rings. The summed E-state index contributed by atoms with van der Waals surface area (Å²) < 4.78 is 2.05. The highest BCUT2D eigenvalue weighted by atomic mass is 15.2. The minimum Gasteiger partial charge on any atom is -0.232 e. The van der Waals surface area contributed by atoms with Gasteiger partial charge < -0.3 is 0 Å². The molecule has 2 heterocycles. The molecule has 3 aromatic carbocycles. The lowest BCUT2D eigenvalue weighted by molar-refractivity contribution is 1.01. The lowest BCUT2D eigenvalue weighted by atomic mass is 9.96. The van der Waals surface area contributed by atoms with Gasteiger partial charge in [0.1, 0.15) is 0 Å². The van der Waals surface area contributed by atoms with Gasteiger partial charge in [-0.05, 0) is 28.6 Å². The van der Waals surface area contributed by atoms with Crippen molar-refractivity contribution in [3.05, 3.63) is 85.1 Å².